The van der Waals surface area contributed by atoms with Gasteiger partial charge in [-0.3, -0.25) is 0 Å². The maximum atomic E-state index is 13.4. The Morgan fingerprint density at radius 3 is 2.74 bits per heavy atom. The molecule has 0 radical (unpaired) electrons. The van der Waals surface area contributed by atoms with Crippen molar-refractivity contribution in [3.63, 3.8) is 0 Å². The first-order valence-corrected chi connectivity index (χ1v) is 10.4. The summed E-state index contributed by atoms with van der Waals surface area (Å²) in [7, 11) is 0. The second-order valence-corrected chi connectivity index (χ2v) is 8.66. The first kappa shape index (κ1) is 21.4. The van der Waals surface area contributed by atoms with Crippen LogP contribution in [0.4, 0.5) is 18.9 Å². The first-order valence-electron chi connectivity index (χ1n) is 10.4. The fraction of sp³-hybridized carbons (Fsp3) is 0.478. The fourth-order valence-electron chi connectivity index (χ4n) is 4.51. The van der Waals surface area contributed by atoms with Crippen molar-refractivity contribution in [2.45, 2.75) is 45.5 Å². The van der Waals surface area contributed by atoms with Crippen molar-refractivity contribution in [3.8, 4) is 6.07 Å². The van der Waals surface area contributed by atoms with Crippen molar-refractivity contribution < 1.29 is 17.9 Å². The molecule has 1 aromatic carbocycles. The Balaban J connectivity index is 1.53. The van der Waals surface area contributed by atoms with Gasteiger partial charge >= 0.3 is 6.18 Å². The highest BCUT2D eigenvalue weighted by Gasteiger charge is 2.36. The number of imidazole rings is 1. The monoisotopic (exact) mass is 430 g/mol. The van der Waals surface area contributed by atoms with Crippen molar-refractivity contribution in [1.29, 1.82) is 5.26 Å². The highest BCUT2D eigenvalue weighted by molar-refractivity contribution is 5.67. The molecule has 5 nitrogen and oxygen atoms in total. The predicted molar refractivity (Wildman–Crippen MR) is 111 cm³/mol. The van der Waals surface area contributed by atoms with Gasteiger partial charge in [-0.05, 0) is 43.5 Å². The maximum Gasteiger partial charge on any atom is 0.417 e. The van der Waals surface area contributed by atoms with E-state index < -0.39 is 11.7 Å². The van der Waals surface area contributed by atoms with Crippen molar-refractivity contribution in [3.05, 3.63) is 53.6 Å². The van der Waals surface area contributed by atoms with Crippen LogP contribution in [-0.2, 0) is 17.5 Å². The second kappa shape index (κ2) is 8.04. The van der Waals surface area contributed by atoms with E-state index in [0.717, 1.165) is 49.9 Å². The van der Waals surface area contributed by atoms with Gasteiger partial charge in [-0.15, -0.1) is 0 Å². The van der Waals surface area contributed by atoms with Gasteiger partial charge in [0.1, 0.15) is 0 Å². The number of aromatic nitrogens is 2. The molecule has 1 aliphatic carbocycles. The topological polar surface area (TPSA) is 54.1 Å². The Morgan fingerprint density at radius 1 is 1.35 bits per heavy atom. The van der Waals surface area contributed by atoms with E-state index in [-0.39, 0.29) is 17.0 Å². The van der Waals surface area contributed by atoms with Crippen LogP contribution in [0, 0.1) is 16.7 Å². The molecule has 2 heterocycles. The fourth-order valence-corrected chi connectivity index (χ4v) is 4.51. The van der Waals surface area contributed by atoms with E-state index in [4.69, 9.17) is 10.00 Å². The van der Waals surface area contributed by atoms with E-state index >= 15 is 0 Å². The molecular weight excluding hydrogens is 405 g/mol. The van der Waals surface area contributed by atoms with Crippen LogP contribution in [0.25, 0.3) is 5.57 Å². The molecule has 0 bridgehead atoms. The molecule has 8 heteroatoms. The number of anilines is 1. The summed E-state index contributed by atoms with van der Waals surface area (Å²) in [6.45, 7) is 6.99. The average Bonchev–Trinajstić information content (AvgIpc) is 3.36. The van der Waals surface area contributed by atoms with E-state index in [1.165, 1.54) is 6.07 Å². The summed E-state index contributed by atoms with van der Waals surface area (Å²) in [6.07, 6.45) is 2.77. The van der Waals surface area contributed by atoms with Gasteiger partial charge in [0, 0.05) is 30.2 Å². The van der Waals surface area contributed by atoms with Gasteiger partial charge in [0.25, 0.3) is 0 Å². The molecule has 1 unspecified atom stereocenters. The molecule has 1 fully saturated rings. The third-order valence-corrected chi connectivity index (χ3v) is 6.13. The lowest BCUT2D eigenvalue weighted by Crippen LogP contribution is -2.43. The van der Waals surface area contributed by atoms with Crippen LogP contribution in [0.2, 0.25) is 0 Å². The normalized spacial score (nSPS) is 20.1. The van der Waals surface area contributed by atoms with Gasteiger partial charge in [-0.2, -0.15) is 18.4 Å². The number of alkyl halides is 3. The number of rotatable bonds is 6. The third kappa shape index (κ3) is 4.19. The van der Waals surface area contributed by atoms with E-state index in [9.17, 15) is 13.2 Å². The molecular formula is C23H25F3N4O. The number of nitrogens with zero attached hydrogens (tertiary/aromatic N) is 4. The molecule has 0 spiro atoms. The quantitative estimate of drug-likeness (QED) is 0.655. The molecule has 1 saturated heterocycles. The lowest BCUT2D eigenvalue weighted by molar-refractivity contribution is -0.137. The van der Waals surface area contributed by atoms with E-state index in [1.807, 2.05) is 24.3 Å². The molecule has 2 aromatic rings. The van der Waals surface area contributed by atoms with Crippen LogP contribution in [0.5, 0.6) is 0 Å². The van der Waals surface area contributed by atoms with Crippen LogP contribution >= 0.6 is 0 Å². The summed E-state index contributed by atoms with van der Waals surface area (Å²) in [5, 5.41) is 9.06. The van der Waals surface area contributed by atoms with Crippen molar-refractivity contribution in [1.82, 2.24) is 9.55 Å². The Kier molecular flexibility index (Phi) is 5.56. The molecule has 1 atom stereocenters. The molecule has 31 heavy (non-hydrogen) atoms. The Bertz CT molecular complexity index is 1030. The van der Waals surface area contributed by atoms with Gasteiger partial charge in [0.05, 0.1) is 48.6 Å². The smallest absolute Gasteiger partial charge is 0.380 e. The summed E-state index contributed by atoms with van der Waals surface area (Å²) in [5.41, 5.74) is 1.58. The van der Waals surface area contributed by atoms with E-state index in [2.05, 4.69) is 22.6 Å². The number of benzene rings is 1. The summed E-state index contributed by atoms with van der Waals surface area (Å²) in [4.78, 5) is 6.32. The van der Waals surface area contributed by atoms with Crippen molar-refractivity contribution >= 4 is 11.3 Å². The SMILES string of the molecule is CCN(c1ccc(C#N)c(C(F)(F)F)c1)C1CC=C(c2cncn2CC2(C)COC2)C1. The largest absolute Gasteiger partial charge is 0.417 e. The Morgan fingerprint density at radius 2 is 2.13 bits per heavy atom. The van der Waals surface area contributed by atoms with Gasteiger partial charge in [0.2, 0.25) is 0 Å². The summed E-state index contributed by atoms with van der Waals surface area (Å²) < 4.78 is 47.8. The molecule has 0 N–H and O–H groups in total. The van der Waals surface area contributed by atoms with Gasteiger partial charge in [-0.1, -0.05) is 13.0 Å². The maximum absolute atomic E-state index is 13.4. The number of nitriles is 1. The van der Waals surface area contributed by atoms with Crippen LogP contribution in [-0.4, -0.2) is 35.4 Å². The minimum Gasteiger partial charge on any atom is -0.380 e. The minimum atomic E-state index is -4.56. The molecule has 2 aliphatic rings. The predicted octanol–water partition coefficient (Wildman–Crippen LogP) is 4.88. The van der Waals surface area contributed by atoms with Gasteiger partial charge in [-0.25, -0.2) is 4.98 Å². The third-order valence-electron chi connectivity index (χ3n) is 6.13. The minimum absolute atomic E-state index is 0.0555. The van der Waals surface area contributed by atoms with Crippen LogP contribution in [0.15, 0.2) is 36.8 Å². The van der Waals surface area contributed by atoms with Crippen LogP contribution in [0.3, 0.4) is 0 Å². The zero-order valence-electron chi connectivity index (χ0n) is 17.6. The summed E-state index contributed by atoms with van der Waals surface area (Å²) in [5.74, 6) is 0. The van der Waals surface area contributed by atoms with E-state index in [0.29, 0.717) is 12.2 Å². The first-order chi connectivity index (χ1) is 14.7. The molecule has 4 rings (SSSR count). The van der Waals surface area contributed by atoms with Crippen LogP contribution in [0.1, 0.15) is 43.5 Å². The molecule has 1 aliphatic heterocycles. The van der Waals surface area contributed by atoms with E-state index in [1.54, 1.807) is 12.1 Å². The standard InChI is InChI=1S/C23H25F3N4O/c1-3-30(19-7-5-17(10-27)20(9-19)23(24,25)26)18-6-4-16(8-18)21-11-28-15-29(21)12-22(2)13-31-14-22/h4-5,7,9,11,15,18H,3,6,8,12-14H2,1-2H3. The Labute approximate surface area is 179 Å². The average molecular weight is 430 g/mol. The number of halogens is 3. The van der Waals surface area contributed by atoms with Crippen molar-refractivity contribution in [2.75, 3.05) is 24.7 Å². The lowest BCUT2D eigenvalue weighted by Gasteiger charge is -2.38. The number of hydrogen-bond acceptors (Lipinski definition) is 4. The zero-order chi connectivity index (χ0) is 22.2. The molecule has 164 valence electrons. The number of hydrogen-bond donors (Lipinski definition) is 0. The Hall–Kier alpha value is -2.79. The highest BCUT2D eigenvalue weighted by atomic mass is 19.4. The van der Waals surface area contributed by atoms with Gasteiger partial charge in [0.15, 0.2) is 0 Å². The summed E-state index contributed by atoms with van der Waals surface area (Å²) in [6, 6.07) is 5.68. The van der Waals surface area contributed by atoms with Crippen LogP contribution < -0.4 is 4.90 Å². The second-order valence-electron chi connectivity index (χ2n) is 8.66. The highest BCUT2D eigenvalue weighted by Crippen LogP contribution is 2.38. The van der Waals surface area contributed by atoms with Gasteiger partial charge < -0.3 is 14.2 Å². The molecule has 1 aromatic heterocycles. The lowest BCUT2D eigenvalue weighted by atomic mass is 9.88. The molecule has 0 amide bonds. The summed E-state index contributed by atoms with van der Waals surface area (Å²) >= 11 is 0. The molecule has 0 saturated carbocycles. The zero-order valence-corrected chi connectivity index (χ0v) is 17.6. The number of ether oxygens (including phenoxy) is 1. The van der Waals surface area contributed by atoms with Crippen molar-refractivity contribution in [2.24, 2.45) is 5.41 Å².